The van der Waals surface area contributed by atoms with Gasteiger partial charge in [0.2, 0.25) is 0 Å². The Morgan fingerprint density at radius 3 is 3.00 bits per heavy atom. The first-order chi connectivity index (χ1) is 8.48. The largest absolute Gasteiger partial charge is 0.390 e. The van der Waals surface area contributed by atoms with Gasteiger partial charge in [-0.05, 0) is 26.2 Å². The zero-order chi connectivity index (χ0) is 13.2. The zero-order valence-electron chi connectivity index (χ0n) is 10.4. The van der Waals surface area contributed by atoms with E-state index in [0.29, 0.717) is 18.8 Å². The summed E-state index contributed by atoms with van der Waals surface area (Å²) in [6.07, 6.45) is 3.71. The predicted molar refractivity (Wildman–Crippen MR) is 67.6 cm³/mol. The first kappa shape index (κ1) is 12.8. The standard InChI is InChI=1S/C12H17N3O3/c1-12(16)4-2-7-14(8-5-12)11-9-10(15(17)18)3-6-13-11/h3,6,9,16H,2,4-5,7-8H2,1H3. The quantitative estimate of drug-likeness (QED) is 0.639. The van der Waals surface area contributed by atoms with Crippen LogP contribution in [0.15, 0.2) is 18.3 Å². The number of pyridine rings is 1. The highest BCUT2D eigenvalue weighted by atomic mass is 16.6. The molecule has 1 aromatic heterocycles. The maximum Gasteiger partial charge on any atom is 0.274 e. The van der Waals surface area contributed by atoms with Crippen LogP contribution in [0.3, 0.4) is 0 Å². The van der Waals surface area contributed by atoms with Crippen molar-refractivity contribution in [3.8, 4) is 0 Å². The second-order valence-corrected chi connectivity index (χ2v) is 4.97. The summed E-state index contributed by atoms with van der Waals surface area (Å²) in [7, 11) is 0. The molecule has 2 heterocycles. The van der Waals surface area contributed by atoms with Crippen molar-refractivity contribution in [3.63, 3.8) is 0 Å². The summed E-state index contributed by atoms with van der Waals surface area (Å²) in [6, 6.07) is 2.87. The maximum atomic E-state index is 10.7. The Morgan fingerprint density at radius 1 is 1.50 bits per heavy atom. The molecule has 0 amide bonds. The SMILES string of the molecule is CC1(O)CCCN(c2cc([N+](=O)[O-])ccn2)CC1. The molecule has 1 unspecified atom stereocenters. The third-order valence-corrected chi connectivity index (χ3v) is 3.33. The van der Waals surface area contributed by atoms with Gasteiger partial charge in [0.15, 0.2) is 0 Å². The van der Waals surface area contributed by atoms with Crippen LogP contribution in [-0.4, -0.2) is 33.7 Å². The van der Waals surface area contributed by atoms with Gasteiger partial charge in [0.05, 0.1) is 16.6 Å². The van der Waals surface area contributed by atoms with E-state index < -0.39 is 10.5 Å². The smallest absolute Gasteiger partial charge is 0.274 e. The molecule has 98 valence electrons. The lowest BCUT2D eigenvalue weighted by Crippen LogP contribution is -2.28. The molecule has 0 aliphatic carbocycles. The topological polar surface area (TPSA) is 79.5 Å². The first-order valence-corrected chi connectivity index (χ1v) is 6.06. The van der Waals surface area contributed by atoms with Crippen LogP contribution < -0.4 is 4.90 Å². The van der Waals surface area contributed by atoms with Crippen molar-refractivity contribution in [3.05, 3.63) is 28.4 Å². The lowest BCUT2D eigenvalue weighted by molar-refractivity contribution is -0.384. The highest BCUT2D eigenvalue weighted by molar-refractivity contribution is 5.46. The molecular formula is C12H17N3O3. The van der Waals surface area contributed by atoms with Gasteiger partial charge in [-0.15, -0.1) is 0 Å². The van der Waals surface area contributed by atoms with Gasteiger partial charge in [-0.1, -0.05) is 0 Å². The lowest BCUT2D eigenvalue weighted by Gasteiger charge is -2.23. The Kier molecular flexibility index (Phi) is 3.47. The van der Waals surface area contributed by atoms with Crippen LogP contribution in [0.5, 0.6) is 0 Å². The predicted octanol–water partition coefficient (Wildman–Crippen LogP) is 1.73. The molecule has 1 aromatic rings. The van der Waals surface area contributed by atoms with Crippen LogP contribution in [0.25, 0.3) is 0 Å². The summed E-state index contributed by atoms with van der Waals surface area (Å²) >= 11 is 0. The van der Waals surface area contributed by atoms with Gasteiger partial charge < -0.3 is 10.0 Å². The summed E-state index contributed by atoms with van der Waals surface area (Å²) in [5, 5.41) is 20.7. The highest BCUT2D eigenvalue weighted by Crippen LogP contribution is 2.25. The molecule has 18 heavy (non-hydrogen) atoms. The van der Waals surface area contributed by atoms with E-state index in [1.807, 2.05) is 11.8 Å². The summed E-state index contributed by atoms with van der Waals surface area (Å²) in [6.45, 7) is 3.27. The fourth-order valence-corrected chi connectivity index (χ4v) is 2.19. The number of aliphatic hydroxyl groups is 1. The van der Waals surface area contributed by atoms with Gasteiger partial charge in [0.25, 0.3) is 5.69 Å². The molecule has 1 aliphatic heterocycles. The Labute approximate surface area is 105 Å². The van der Waals surface area contributed by atoms with E-state index >= 15 is 0 Å². The van der Waals surface area contributed by atoms with Gasteiger partial charge in [0.1, 0.15) is 5.82 Å². The second-order valence-electron chi connectivity index (χ2n) is 4.97. The zero-order valence-corrected chi connectivity index (χ0v) is 10.4. The summed E-state index contributed by atoms with van der Waals surface area (Å²) in [5.74, 6) is 0.613. The second kappa shape index (κ2) is 4.89. The van der Waals surface area contributed by atoms with E-state index in [9.17, 15) is 15.2 Å². The first-order valence-electron chi connectivity index (χ1n) is 6.06. The molecule has 0 radical (unpaired) electrons. The van der Waals surface area contributed by atoms with Gasteiger partial charge >= 0.3 is 0 Å². The minimum Gasteiger partial charge on any atom is -0.390 e. The Morgan fingerprint density at radius 2 is 2.28 bits per heavy atom. The van der Waals surface area contributed by atoms with Crippen LogP contribution in [0.2, 0.25) is 0 Å². The number of rotatable bonds is 2. The van der Waals surface area contributed by atoms with Crippen molar-refractivity contribution in [1.82, 2.24) is 4.98 Å². The van der Waals surface area contributed by atoms with Crippen molar-refractivity contribution in [2.24, 2.45) is 0 Å². The normalized spacial score (nSPS) is 24.7. The highest BCUT2D eigenvalue weighted by Gasteiger charge is 2.25. The minimum atomic E-state index is -0.643. The summed E-state index contributed by atoms with van der Waals surface area (Å²) in [4.78, 5) is 16.5. The van der Waals surface area contributed by atoms with Crippen LogP contribution in [0, 0.1) is 10.1 Å². The van der Waals surface area contributed by atoms with Crippen LogP contribution in [-0.2, 0) is 0 Å². The van der Waals surface area contributed by atoms with Crippen molar-refractivity contribution >= 4 is 11.5 Å². The van der Waals surface area contributed by atoms with Crippen LogP contribution in [0.1, 0.15) is 26.2 Å². The molecule has 1 N–H and O–H groups in total. The Bertz CT molecular complexity index is 448. The monoisotopic (exact) mass is 251 g/mol. The van der Waals surface area contributed by atoms with E-state index in [2.05, 4.69) is 4.98 Å². The molecule has 1 saturated heterocycles. The number of aromatic nitrogens is 1. The van der Waals surface area contributed by atoms with E-state index in [1.165, 1.54) is 18.3 Å². The van der Waals surface area contributed by atoms with E-state index in [1.54, 1.807) is 0 Å². The molecule has 0 saturated carbocycles. The van der Waals surface area contributed by atoms with Gasteiger partial charge in [-0.3, -0.25) is 10.1 Å². The molecule has 1 aliphatic rings. The number of hydrogen-bond acceptors (Lipinski definition) is 5. The Hall–Kier alpha value is -1.69. The van der Waals surface area contributed by atoms with E-state index in [4.69, 9.17) is 0 Å². The molecule has 0 aromatic carbocycles. The molecule has 0 spiro atoms. The number of nitro groups is 1. The van der Waals surface area contributed by atoms with Gasteiger partial charge in [0, 0.05) is 25.4 Å². The third-order valence-electron chi connectivity index (χ3n) is 3.33. The fraction of sp³-hybridized carbons (Fsp3) is 0.583. The molecule has 0 bridgehead atoms. The summed E-state index contributed by atoms with van der Waals surface area (Å²) < 4.78 is 0. The van der Waals surface area contributed by atoms with Gasteiger partial charge in [-0.25, -0.2) is 4.98 Å². The molecule has 6 heteroatoms. The average Bonchev–Trinajstić information content (AvgIpc) is 2.50. The third kappa shape index (κ3) is 2.95. The molecule has 1 atom stereocenters. The van der Waals surface area contributed by atoms with Crippen molar-refractivity contribution in [2.75, 3.05) is 18.0 Å². The number of hydrogen-bond donors (Lipinski definition) is 1. The Balaban J connectivity index is 2.16. The fourth-order valence-electron chi connectivity index (χ4n) is 2.19. The molecular weight excluding hydrogens is 234 g/mol. The average molecular weight is 251 g/mol. The van der Waals surface area contributed by atoms with Gasteiger partial charge in [-0.2, -0.15) is 0 Å². The van der Waals surface area contributed by atoms with Crippen molar-refractivity contribution < 1.29 is 10.0 Å². The minimum absolute atomic E-state index is 0.0519. The molecule has 6 nitrogen and oxygen atoms in total. The van der Waals surface area contributed by atoms with Crippen molar-refractivity contribution in [2.45, 2.75) is 31.8 Å². The number of nitrogens with zero attached hydrogens (tertiary/aromatic N) is 3. The number of anilines is 1. The molecule has 2 rings (SSSR count). The van der Waals surface area contributed by atoms with Crippen LogP contribution in [0.4, 0.5) is 11.5 Å². The summed E-state index contributed by atoms with van der Waals surface area (Å²) in [5.41, 5.74) is -0.592. The maximum absolute atomic E-state index is 10.7. The molecule has 1 fully saturated rings. The van der Waals surface area contributed by atoms with Crippen molar-refractivity contribution in [1.29, 1.82) is 0 Å². The van der Waals surface area contributed by atoms with E-state index in [0.717, 1.165) is 19.4 Å². The van der Waals surface area contributed by atoms with E-state index in [-0.39, 0.29) is 5.69 Å². The van der Waals surface area contributed by atoms with Crippen LogP contribution >= 0.6 is 0 Å². The lowest BCUT2D eigenvalue weighted by atomic mass is 9.98.